The highest BCUT2D eigenvalue weighted by Crippen LogP contribution is 2.55. The Kier molecular flexibility index (Phi) is 3.49. The van der Waals surface area contributed by atoms with Crippen molar-refractivity contribution in [1.29, 1.82) is 0 Å². The number of ketones is 1. The van der Waals surface area contributed by atoms with Gasteiger partial charge in [0.1, 0.15) is 11.4 Å². The smallest absolute Gasteiger partial charge is 0.377 e. The van der Waals surface area contributed by atoms with Crippen LogP contribution in [0.2, 0.25) is 0 Å². The topological polar surface area (TPSA) is 69.7 Å². The summed E-state index contributed by atoms with van der Waals surface area (Å²) in [6, 6.07) is 0. The molecule has 7 heteroatoms. The lowest BCUT2D eigenvalue weighted by atomic mass is 9.53. The maximum absolute atomic E-state index is 12.7. The molecule has 4 rings (SSSR count). The fourth-order valence-electron chi connectivity index (χ4n) is 4.32. The van der Waals surface area contributed by atoms with E-state index in [1.807, 2.05) is 0 Å². The Labute approximate surface area is 126 Å². The van der Waals surface area contributed by atoms with Gasteiger partial charge in [0.25, 0.3) is 0 Å². The lowest BCUT2D eigenvalue weighted by molar-refractivity contribution is -0.196. The van der Waals surface area contributed by atoms with Crippen molar-refractivity contribution < 1.29 is 32.6 Å². The van der Waals surface area contributed by atoms with E-state index in [9.17, 15) is 23.2 Å². The molecule has 5 nitrogen and oxygen atoms in total. The quantitative estimate of drug-likeness (QED) is 0.741. The zero-order valence-electron chi connectivity index (χ0n) is 12.3. The van der Waals surface area contributed by atoms with Crippen molar-refractivity contribution in [2.24, 2.45) is 17.8 Å². The number of hydrogen-bond acceptors (Lipinski definition) is 5. The third kappa shape index (κ3) is 2.73. The van der Waals surface area contributed by atoms with Gasteiger partial charge < -0.3 is 9.47 Å². The summed E-state index contributed by atoms with van der Waals surface area (Å²) in [4.78, 5) is 34.8. The van der Waals surface area contributed by atoms with Crippen LogP contribution in [0.15, 0.2) is 0 Å². The van der Waals surface area contributed by atoms with E-state index in [2.05, 4.69) is 4.74 Å². The number of esters is 2. The van der Waals surface area contributed by atoms with E-state index in [1.54, 1.807) is 0 Å². The zero-order chi connectivity index (χ0) is 16.1. The molecular weight excluding hydrogens is 298 g/mol. The van der Waals surface area contributed by atoms with Crippen LogP contribution in [0.3, 0.4) is 0 Å². The van der Waals surface area contributed by atoms with E-state index in [0.29, 0.717) is 32.1 Å². The first-order valence-electron chi connectivity index (χ1n) is 7.49. The summed E-state index contributed by atoms with van der Waals surface area (Å²) in [5, 5.41) is 0. The number of Topliss-reactive ketones (excluding diaryl/α,β-unsaturated/α-hetero) is 1. The second-order valence-corrected chi connectivity index (χ2v) is 6.87. The highest BCUT2D eigenvalue weighted by Gasteiger charge is 2.57. The molecule has 0 radical (unpaired) electrons. The van der Waals surface area contributed by atoms with Crippen LogP contribution >= 0.6 is 0 Å². The van der Waals surface area contributed by atoms with Crippen LogP contribution in [-0.2, 0) is 23.9 Å². The summed E-state index contributed by atoms with van der Waals surface area (Å²) in [6.07, 6.45) is 3.42. The number of alkyl halides is 2. The number of carbonyl (C=O) groups is 3. The van der Waals surface area contributed by atoms with Crippen LogP contribution in [0.4, 0.5) is 8.78 Å². The largest absolute Gasteiger partial charge is 0.456 e. The summed E-state index contributed by atoms with van der Waals surface area (Å²) in [5.41, 5.74) is -0.678. The Morgan fingerprint density at radius 2 is 1.82 bits per heavy atom. The molecule has 0 spiro atoms. The normalized spacial score (nSPS) is 36.3. The van der Waals surface area contributed by atoms with Gasteiger partial charge in [0.05, 0.1) is 0 Å². The SMILES string of the molecule is CC(F)(F)C(=O)OCC(=O)OC12CC3CC(C1)C(=O)C(C3)C2. The number of rotatable bonds is 4. The van der Waals surface area contributed by atoms with E-state index in [4.69, 9.17) is 4.74 Å². The van der Waals surface area contributed by atoms with Crippen molar-refractivity contribution in [2.75, 3.05) is 6.61 Å². The average molecular weight is 316 g/mol. The second kappa shape index (κ2) is 4.99. The highest BCUT2D eigenvalue weighted by molar-refractivity contribution is 5.86. The lowest BCUT2D eigenvalue weighted by Crippen LogP contribution is -2.57. The van der Waals surface area contributed by atoms with Gasteiger partial charge in [-0.3, -0.25) is 4.79 Å². The molecular formula is C15H18F2O5. The zero-order valence-corrected chi connectivity index (χ0v) is 12.3. The summed E-state index contributed by atoms with van der Waals surface area (Å²) >= 11 is 0. The van der Waals surface area contributed by atoms with Gasteiger partial charge in [-0.2, -0.15) is 8.78 Å². The van der Waals surface area contributed by atoms with Gasteiger partial charge in [-0.1, -0.05) is 0 Å². The molecule has 4 aliphatic carbocycles. The molecule has 0 N–H and O–H groups in total. The van der Waals surface area contributed by atoms with Gasteiger partial charge >= 0.3 is 17.9 Å². The van der Waals surface area contributed by atoms with Crippen molar-refractivity contribution in [3.63, 3.8) is 0 Å². The fourth-order valence-corrected chi connectivity index (χ4v) is 4.32. The fraction of sp³-hybridized carbons (Fsp3) is 0.800. The van der Waals surface area contributed by atoms with Crippen LogP contribution in [-0.4, -0.2) is 35.9 Å². The van der Waals surface area contributed by atoms with Gasteiger partial charge in [-0.25, -0.2) is 9.59 Å². The highest BCUT2D eigenvalue weighted by atomic mass is 19.3. The molecule has 2 unspecified atom stereocenters. The number of hydrogen-bond donors (Lipinski definition) is 0. The lowest BCUT2D eigenvalue weighted by Gasteiger charge is -2.54. The first-order chi connectivity index (χ1) is 10.2. The predicted molar refractivity (Wildman–Crippen MR) is 69.0 cm³/mol. The molecule has 4 bridgehead atoms. The molecule has 0 heterocycles. The molecule has 0 aliphatic heterocycles. The minimum Gasteiger partial charge on any atom is -0.456 e. The molecule has 0 aromatic heterocycles. The Hall–Kier alpha value is -1.53. The summed E-state index contributed by atoms with van der Waals surface area (Å²) in [5.74, 6) is -5.67. The van der Waals surface area contributed by atoms with Crippen LogP contribution < -0.4 is 0 Å². The van der Waals surface area contributed by atoms with E-state index in [1.165, 1.54) is 0 Å². The van der Waals surface area contributed by atoms with E-state index in [-0.39, 0.29) is 17.6 Å². The van der Waals surface area contributed by atoms with Crippen molar-refractivity contribution in [3.8, 4) is 0 Å². The molecule has 4 aliphatic rings. The van der Waals surface area contributed by atoms with Crippen molar-refractivity contribution in [2.45, 2.75) is 50.6 Å². The maximum Gasteiger partial charge on any atom is 0.377 e. The van der Waals surface area contributed by atoms with E-state index in [0.717, 1.165) is 12.8 Å². The average Bonchev–Trinajstić information content (AvgIpc) is 2.39. The number of halogens is 2. The van der Waals surface area contributed by atoms with Crippen LogP contribution in [0.5, 0.6) is 0 Å². The number of carbonyl (C=O) groups excluding carboxylic acids is 3. The van der Waals surface area contributed by atoms with Gasteiger partial charge in [-0.05, 0) is 38.0 Å². The Balaban J connectivity index is 1.58. The van der Waals surface area contributed by atoms with Crippen LogP contribution in [0, 0.1) is 17.8 Å². The molecule has 22 heavy (non-hydrogen) atoms. The Morgan fingerprint density at radius 3 is 2.36 bits per heavy atom. The molecule has 122 valence electrons. The Morgan fingerprint density at radius 1 is 1.23 bits per heavy atom. The van der Waals surface area contributed by atoms with Gasteiger partial charge in [0.2, 0.25) is 0 Å². The molecule has 0 saturated heterocycles. The third-order valence-electron chi connectivity index (χ3n) is 4.95. The van der Waals surface area contributed by atoms with Crippen molar-refractivity contribution in [3.05, 3.63) is 0 Å². The summed E-state index contributed by atoms with van der Waals surface area (Å²) in [7, 11) is 0. The summed E-state index contributed by atoms with van der Waals surface area (Å²) in [6.45, 7) is -0.413. The molecule has 4 saturated carbocycles. The number of ether oxygens (including phenoxy) is 2. The predicted octanol–water partition coefficient (Wildman–Crippen LogP) is 1.88. The molecule has 4 fully saturated rings. The second-order valence-electron chi connectivity index (χ2n) is 6.87. The third-order valence-corrected chi connectivity index (χ3v) is 4.95. The molecule has 0 aromatic rings. The minimum absolute atomic E-state index is 0.0541. The van der Waals surface area contributed by atoms with Crippen molar-refractivity contribution in [1.82, 2.24) is 0 Å². The summed E-state index contributed by atoms with van der Waals surface area (Å²) < 4.78 is 35.0. The van der Waals surface area contributed by atoms with Gasteiger partial charge in [-0.15, -0.1) is 0 Å². The minimum atomic E-state index is -3.63. The Bertz CT molecular complexity index is 507. The maximum atomic E-state index is 12.7. The van der Waals surface area contributed by atoms with Crippen LogP contribution in [0.25, 0.3) is 0 Å². The standard InChI is InChI=1S/C15H18F2O5/c1-14(16,17)13(20)21-7-11(18)22-15-4-8-2-9(5-15)12(19)10(3-8)6-15/h8-10H,2-7H2,1H3. The van der Waals surface area contributed by atoms with Crippen molar-refractivity contribution >= 4 is 17.7 Å². The molecule has 0 amide bonds. The molecule has 2 atom stereocenters. The van der Waals surface area contributed by atoms with Gasteiger partial charge in [0.15, 0.2) is 6.61 Å². The molecule has 0 aromatic carbocycles. The van der Waals surface area contributed by atoms with E-state index < -0.39 is 30.1 Å². The first kappa shape index (κ1) is 15.4. The monoisotopic (exact) mass is 316 g/mol. The first-order valence-corrected chi connectivity index (χ1v) is 7.49. The van der Waals surface area contributed by atoms with Gasteiger partial charge in [0, 0.05) is 18.8 Å². The van der Waals surface area contributed by atoms with Crippen LogP contribution in [0.1, 0.15) is 39.0 Å². The van der Waals surface area contributed by atoms with E-state index >= 15 is 0 Å².